The fraction of sp³-hybridized carbons (Fsp3) is 0.357. The first kappa shape index (κ1) is 13.3. The summed E-state index contributed by atoms with van der Waals surface area (Å²) in [6.07, 6.45) is 1.78. The zero-order chi connectivity index (χ0) is 13.1. The molecule has 0 aliphatic heterocycles. The van der Waals surface area contributed by atoms with Crippen LogP contribution in [0.2, 0.25) is 0 Å². The molecule has 2 rings (SSSR count). The highest BCUT2D eigenvalue weighted by Crippen LogP contribution is 2.30. The first-order chi connectivity index (χ1) is 8.61. The lowest BCUT2D eigenvalue weighted by atomic mass is 10.1. The van der Waals surface area contributed by atoms with E-state index in [2.05, 4.69) is 52.2 Å². The van der Waals surface area contributed by atoms with E-state index in [-0.39, 0.29) is 6.04 Å². The number of hydrogen-bond donors (Lipinski definition) is 1. The Bertz CT molecular complexity index is 536. The molecule has 0 bridgehead atoms. The average molecular weight is 309 g/mol. The maximum Gasteiger partial charge on any atom is 0.211 e. The van der Waals surface area contributed by atoms with Crippen molar-refractivity contribution in [3.05, 3.63) is 40.3 Å². The first-order valence-corrected chi connectivity index (χ1v) is 6.86. The van der Waals surface area contributed by atoms with Gasteiger partial charge in [0.2, 0.25) is 5.89 Å². The van der Waals surface area contributed by atoms with Crippen LogP contribution < -0.4 is 5.32 Å². The largest absolute Gasteiger partial charge is 0.439 e. The van der Waals surface area contributed by atoms with Gasteiger partial charge >= 0.3 is 0 Å². The van der Waals surface area contributed by atoms with Crippen LogP contribution in [0.5, 0.6) is 0 Å². The van der Waals surface area contributed by atoms with Crippen LogP contribution in [0.15, 0.2) is 33.3 Å². The summed E-state index contributed by atoms with van der Waals surface area (Å²) in [5.41, 5.74) is 2.24. The third-order valence-electron chi connectivity index (χ3n) is 2.79. The fourth-order valence-electron chi connectivity index (χ4n) is 1.83. The number of rotatable bonds is 4. The molecule has 1 aromatic carbocycles. The highest BCUT2D eigenvalue weighted by atomic mass is 79.9. The Labute approximate surface area is 116 Å². The average Bonchev–Trinajstić information content (AvgIpc) is 2.82. The summed E-state index contributed by atoms with van der Waals surface area (Å²) in [5, 5.41) is 3.28. The molecule has 0 aliphatic carbocycles. The summed E-state index contributed by atoms with van der Waals surface area (Å²) in [6, 6.07) is 6.31. The number of nitrogens with zero attached hydrogens (tertiary/aromatic N) is 1. The van der Waals surface area contributed by atoms with Gasteiger partial charge in [0.25, 0.3) is 0 Å². The predicted octanol–water partition coefficient (Wildman–Crippen LogP) is 4.08. The van der Waals surface area contributed by atoms with Crippen molar-refractivity contribution in [1.82, 2.24) is 10.3 Å². The number of nitrogens with one attached hydrogen (secondary N) is 1. The van der Waals surface area contributed by atoms with E-state index in [1.807, 2.05) is 13.0 Å². The third-order valence-corrected chi connectivity index (χ3v) is 3.48. The number of halogens is 1. The Morgan fingerprint density at radius 2 is 2.22 bits per heavy atom. The Morgan fingerprint density at radius 1 is 1.44 bits per heavy atom. The van der Waals surface area contributed by atoms with Gasteiger partial charge in [-0.2, -0.15) is 0 Å². The molecule has 0 fully saturated rings. The molecule has 2 aromatic rings. The van der Waals surface area contributed by atoms with E-state index in [0.29, 0.717) is 0 Å². The number of aryl methyl sites for hydroxylation is 1. The second kappa shape index (κ2) is 5.67. The van der Waals surface area contributed by atoms with E-state index in [1.165, 1.54) is 5.56 Å². The van der Waals surface area contributed by atoms with E-state index < -0.39 is 0 Å². The third kappa shape index (κ3) is 2.82. The molecule has 1 atom stereocenters. The lowest BCUT2D eigenvalue weighted by Crippen LogP contribution is -2.17. The molecular formula is C14H17BrN2O. The van der Waals surface area contributed by atoms with Gasteiger partial charge in [0, 0.05) is 10.0 Å². The molecule has 0 aliphatic rings. The first-order valence-electron chi connectivity index (χ1n) is 6.07. The van der Waals surface area contributed by atoms with E-state index in [9.17, 15) is 0 Å². The molecule has 18 heavy (non-hydrogen) atoms. The highest BCUT2D eigenvalue weighted by molar-refractivity contribution is 9.10. The van der Waals surface area contributed by atoms with Crippen molar-refractivity contribution in [3.8, 4) is 11.3 Å². The monoisotopic (exact) mass is 308 g/mol. The smallest absolute Gasteiger partial charge is 0.211 e. The minimum Gasteiger partial charge on any atom is -0.439 e. The molecule has 1 N–H and O–H groups in total. The molecule has 3 nitrogen and oxygen atoms in total. The Morgan fingerprint density at radius 3 is 2.94 bits per heavy atom. The molecule has 1 aromatic heterocycles. The van der Waals surface area contributed by atoms with Gasteiger partial charge in [0.05, 0.1) is 12.2 Å². The van der Waals surface area contributed by atoms with Gasteiger partial charge in [0.1, 0.15) is 0 Å². The van der Waals surface area contributed by atoms with Crippen molar-refractivity contribution in [2.45, 2.75) is 26.8 Å². The van der Waals surface area contributed by atoms with Crippen LogP contribution in [0.1, 0.15) is 31.3 Å². The fourth-order valence-corrected chi connectivity index (χ4v) is 2.28. The summed E-state index contributed by atoms with van der Waals surface area (Å²) in [6.45, 7) is 7.07. The van der Waals surface area contributed by atoms with Gasteiger partial charge in [-0.1, -0.05) is 34.5 Å². The number of hydrogen-bond acceptors (Lipinski definition) is 3. The molecule has 4 heteroatoms. The summed E-state index contributed by atoms with van der Waals surface area (Å²) >= 11 is 3.54. The summed E-state index contributed by atoms with van der Waals surface area (Å²) in [5.74, 6) is 1.52. The van der Waals surface area contributed by atoms with Crippen molar-refractivity contribution in [2.24, 2.45) is 0 Å². The van der Waals surface area contributed by atoms with Gasteiger partial charge in [0.15, 0.2) is 5.76 Å². The number of benzene rings is 1. The summed E-state index contributed by atoms with van der Waals surface area (Å²) in [7, 11) is 0. The van der Waals surface area contributed by atoms with Crippen LogP contribution >= 0.6 is 15.9 Å². The molecular weight excluding hydrogens is 292 g/mol. The van der Waals surface area contributed by atoms with Gasteiger partial charge in [-0.15, -0.1) is 0 Å². The quantitative estimate of drug-likeness (QED) is 0.924. The lowest BCUT2D eigenvalue weighted by Gasteiger charge is -2.07. The maximum atomic E-state index is 5.82. The molecule has 0 radical (unpaired) electrons. The van der Waals surface area contributed by atoms with Crippen LogP contribution in [0.4, 0.5) is 0 Å². The van der Waals surface area contributed by atoms with Gasteiger partial charge < -0.3 is 9.73 Å². The molecule has 1 heterocycles. The number of aromatic nitrogens is 1. The van der Waals surface area contributed by atoms with Crippen molar-refractivity contribution >= 4 is 15.9 Å². The summed E-state index contributed by atoms with van der Waals surface area (Å²) < 4.78 is 6.84. The standard InChI is InChI=1S/C14H17BrN2O/c1-4-16-10(3)14-17-8-13(18-14)11-7-9(2)5-6-12(11)15/h5-8,10,16H,4H2,1-3H3. The van der Waals surface area contributed by atoms with E-state index >= 15 is 0 Å². The minimum atomic E-state index is 0.132. The Hall–Kier alpha value is -1.13. The normalized spacial score (nSPS) is 12.7. The van der Waals surface area contributed by atoms with Crippen LogP contribution in [-0.2, 0) is 0 Å². The van der Waals surface area contributed by atoms with Crippen LogP contribution in [-0.4, -0.2) is 11.5 Å². The molecule has 0 saturated heterocycles. The van der Waals surface area contributed by atoms with Crippen molar-refractivity contribution in [3.63, 3.8) is 0 Å². The second-order valence-electron chi connectivity index (χ2n) is 4.33. The van der Waals surface area contributed by atoms with E-state index in [1.54, 1.807) is 6.20 Å². The molecule has 0 spiro atoms. The molecule has 0 amide bonds. The van der Waals surface area contributed by atoms with Gasteiger partial charge in [-0.25, -0.2) is 4.98 Å². The Kier molecular flexibility index (Phi) is 4.19. The van der Waals surface area contributed by atoms with Crippen molar-refractivity contribution < 1.29 is 4.42 Å². The summed E-state index contributed by atoms with van der Waals surface area (Å²) in [4.78, 5) is 4.33. The van der Waals surface area contributed by atoms with Crippen LogP contribution in [0.25, 0.3) is 11.3 Å². The van der Waals surface area contributed by atoms with E-state index in [4.69, 9.17) is 4.42 Å². The highest BCUT2D eigenvalue weighted by Gasteiger charge is 2.13. The SMILES string of the molecule is CCNC(C)c1ncc(-c2cc(C)ccc2Br)o1. The lowest BCUT2D eigenvalue weighted by molar-refractivity contribution is 0.429. The van der Waals surface area contributed by atoms with Crippen LogP contribution in [0.3, 0.4) is 0 Å². The molecule has 1 unspecified atom stereocenters. The predicted molar refractivity (Wildman–Crippen MR) is 76.5 cm³/mol. The molecule has 0 saturated carbocycles. The topological polar surface area (TPSA) is 38.1 Å². The maximum absolute atomic E-state index is 5.82. The molecule has 96 valence electrons. The van der Waals surface area contributed by atoms with Crippen LogP contribution in [0, 0.1) is 6.92 Å². The number of oxazole rings is 1. The van der Waals surface area contributed by atoms with Gasteiger partial charge in [-0.3, -0.25) is 0 Å². The zero-order valence-electron chi connectivity index (χ0n) is 10.8. The minimum absolute atomic E-state index is 0.132. The van der Waals surface area contributed by atoms with Gasteiger partial charge in [-0.05, 0) is 32.5 Å². The van der Waals surface area contributed by atoms with E-state index in [0.717, 1.165) is 28.2 Å². The Balaban J connectivity index is 2.32. The van der Waals surface area contributed by atoms with Crippen molar-refractivity contribution in [1.29, 1.82) is 0 Å². The second-order valence-corrected chi connectivity index (χ2v) is 5.18. The zero-order valence-corrected chi connectivity index (χ0v) is 12.4. The van der Waals surface area contributed by atoms with Crippen molar-refractivity contribution in [2.75, 3.05) is 6.54 Å².